The van der Waals surface area contributed by atoms with E-state index in [0.717, 1.165) is 5.92 Å². The van der Waals surface area contributed by atoms with Gasteiger partial charge in [-0.1, -0.05) is 19.3 Å². The molecule has 1 unspecified atom stereocenters. The second-order valence-corrected chi connectivity index (χ2v) is 6.69. The third-order valence-electron chi connectivity index (χ3n) is 5.46. The van der Waals surface area contributed by atoms with Gasteiger partial charge < -0.3 is 5.32 Å². The first-order valence-electron chi connectivity index (χ1n) is 7.11. The van der Waals surface area contributed by atoms with Gasteiger partial charge in [-0.25, -0.2) is 0 Å². The SMILES string of the molecule is CN1CC(C)(C2CC2)NCC12CCCCC2. The van der Waals surface area contributed by atoms with Crippen molar-refractivity contribution in [3.63, 3.8) is 0 Å². The number of nitrogens with zero attached hydrogens (tertiary/aromatic N) is 1. The molecule has 1 N–H and O–H groups in total. The van der Waals surface area contributed by atoms with E-state index in [0.29, 0.717) is 11.1 Å². The van der Waals surface area contributed by atoms with Crippen molar-refractivity contribution in [1.82, 2.24) is 10.2 Å². The normalized spacial score (nSPS) is 40.1. The zero-order chi connectivity index (χ0) is 11.2. The van der Waals surface area contributed by atoms with Crippen molar-refractivity contribution in [3.05, 3.63) is 0 Å². The first kappa shape index (κ1) is 11.0. The third kappa shape index (κ3) is 1.70. The van der Waals surface area contributed by atoms with E-state index in [-0.39, 0.29) is 0 Å². The molecule has 2 nitrogen and oxygen atoms in total. The van der Waals surface area contributed by atoms with Gasteiger partial charge in [0.15, 0.2) is 0 Å². The van der Waals surface area contributed by atoms with Crippen molar-refractivity contribution < 1.29 is 0 Å². The summed E-state index contributed by atoms with van der Waals surface area (Å²) in [6.45, 7) is 4.94. The summed E-state index contributed by atoms with van der Waals surface area (Å²) >= 11 is 0. The summed E-state index contributed by atoms with van der Waals surface area (Å²) in [7, 11) is 2.37. The predicted molar refractivity (Wildman–Crippen MR) is 67.6 cm³/mol. The molecule has 1 saturated heterocycles. The Hall–Kier alpha value is -0.0800. The van der Waals surface area contributed by atoms with Gasteiger partial charge in [0.2, 0.25) is 0 Å². The Labute approximate surface area is 99.8 Å². The lowest BCUT2D eigenvalue weighted by Gasteiger charge is -2.54. The Morgan fingerprint density at radius 1 is 1.12 bits per heavy atom. The van der Waals surface area contributed by atoms with Crippen molar-refractivity contribution in [3.8, 4) is 0 Å². The molecule has 3 aliphatic rings. The Balaban J connectivity index is 1.71. The van der Waals surface area contributed by atoms with Crippen molar-refractivity contribution in [2.75, 3.05) is 20.1 Å². The highest BCUT2D eigenvalue weighted by atomic mass is 15.3. The highest BCUT2D eigenvalue weighted by molar-refractivity contribution is 5.08. The minimum absolute atomic E-state index is 0.414. The fourth-order valence-electron chi connectivity index (χ4n) is 3.98. The number of rotatable bonds is 1. The van der Waals surface area contributed by atoms with Crippen LogP contribution in [0.2, 0.25) is 0 Å². The number of hydrogen-bond acceptors (Lipinski definition) is 2. The van der Waals surface area contributed by atoms with E-state index >= 15 is 0 Å². The summed E-state index contributed by atoms with van der Waals surface area (Å²) in [6.07, 6.45) is 10.1. The molecule has 92 valence electrons. The summed E-state index contributed by atoms with van der Waals surface area (Å²) in [5.74, 6) is 0.955. The molecule has 0 aromatic rings. The summed E-state index contributed by atoms with van der Waals surface area (Å²) in [5, 5.41) is 3.91. The average Bonchev–Trinajstić information content (AvgIpc) is 3.10. The van der Waals surface area contributed by atoms with Crippen LogP contribution in [0.5, 0.6) is 0 Å². The maximum absolute atomic E-state index is 3.91. The summed E-state index contributed by atoms with van der Waals surface area (Å²) in [6, 6.07) is 0. The van der Waals surface area contributed by atoms with E-state index in [4.69, 9.17) is 0 Å². The lowest BCUT2D eigenvalue weighted by Crippen LogP contribution is -2.69. The monoisotopic (exact) mass is 222 g/mol. The van der Waals surface area contributed by atoms with Gasteiger partial charge in [-0.3, -0.25) is 4.90 Å². The zero-order valence-electron chi connectivity index (χ0n) is 10.9. The molecule has 0 amide bonds. The van der Waals surface area contributed by atoms with Crippen molar-refractivity contribution in [2.45, 2.75) is 62.9 Å². The summed E-state index contributed by atoms with van der Waals surface area (Å²) in [4.78, 5) is 2.70. The Morgan fingerprint density at radius 2 is 1.81 bits per heavy atom. The zero-order valence-corrected chi connectivity index (χ0v) is 10.9. The van der Waals surface area contributed by atoms with Crippen LogP contribution < -0.4 is 5.32 Å². The smallest absolute Gasteiger partial charge is 0.0331 e. The van der Waals surface area contributed by atoms with E-state index in [1.54, 1.807) is 0 Å². The second-order valence-electron chi connectivity index (χ2n) is 6.69. The fraction of sp³-hybridized carbons (Fsp3) is 1.00. The highest BCUT2D eigenvalue weighted by Gasteiger charge is 2.49. The highest BCUT2D eigenvalue weighted by Crippen LogP contribution is 2.44. The van der Waals surface area contributed by atoms with Gasteiger partial charge in [0.05, 0.1) is 0 Å². The number of nitrogens with one attached hydrogen (secondary N) is 1. The molecule has 3 rings (SSSR count). The van der Waals surface area contributed by atoms with Crippen LogP contribution in [0.3, 0.4) is 0 Å². The maximum Gasteiger partial charge on any atom is 0.0331 e. The van der Waals surface area contributed by atoms with Gasteiger partial charge in [0, 0.05) is 24.2 Å². The van der Waals surface area contributed by atoms with Crippen LogP contribution in [-0.2, 0) is 0 Å². The van der Waals surface area contributed by atoms with E-state index in [1.807, 2.05) is 0 Å². The molecule has 0 aromatic carbocycles. The van der Waals surface area contributed by atoms with Crippen LogP contribution in [0.15, 0.2) is 0 Å². The minimum atomic E-state index is 0.414. The van der Waals surface area contributed by atoms with Gasteiger partial charge in [-0.2, -0.15) is 0 Å². The molecular weight excluding hydrogens is 196 g/mol. The number of likely N-dealkylation sites (N-methyl/N-ethyl adjacent to an activating group) is 1. The van der Waals surface area contributed by atoms with Gasteiger partial charge in [0.25, 0.3) is 0 Å². The standard InChI is InChI=1S/C14H26N2/c1-13(12-6-7-12)11-16(2)14(10-15-13)8-4-3-5-9-14/h12,15H,3-11H2,1-2H3. The summed E-state index contributed by atoms with van der Waals surface area (Å²) in [5.41, 5.74) is 0.921. The molecule has 3 fully saturated rings. The molecule has 2 saturated carbocycles. The molecule has 1 aliphatic heterocycles. The van der Waals surface area contributed by atoms with E-state index in [2.05, 4.69) is 24.2 Å². The molecule has 0 aromatic heterocycles. The van der Waals surface area contributed by atoms with Crippen LogP contribution in [0, 0.1) is 5.92 Å². The maximum atomic E-state index is 3.91. The van der Waals surface area contributed by atoms with Crippen LogP contribution >= 0.6 is 0 Å². The van der Waals surface area contributed by atoms with Gasteiger partial charge >= 0.3 is 0 Å². The Morgan fingerprint density at radius 3 is 2.38 bits per heavy atom. The fourth-order valence-corrected chi connectivity index (χ4v) is 3.98. The van der Waals surface area contributed by atoms with E-state index in [9.17, 15) is 0 Å². The first-order valence-corrected chi connectivity index (χ1v) is 7.11. The van der Waals surface area contributed by atoms with E-state index in [1.165, 1.54) is 58.0 Å². The third-order valence-corrected chi connectivity index (χ3v) is 5.46. The van der Waals surface area contributed by atoms with Gasteiger partial charge in [-0.15, -0.1) is 0 Å². The average molecular weight is 222 g/mol. The predicted octanol–water partition coefficient (Wildman–Crippen LogP) is 2.39. The van der Waals surface area contributed by atoms with Crippen molar-refractivity contribution >= 4 is 0 Å². The van der Waals surface area contributed by atoms with Crippen molar-refractivity contribution in [2.24, 2.45) is 5.92 Å². The molecule has 2 aliphatic carbocycles. The van der Waals surface area contributed by atoms with Gasteiger partial charge in [-0.05, 0) is 45.6 Å². The number of piperazine rings is 1. The van der Waals surface area contributed by atoms with Crippen molar-refractivity contribution in [1.29, 1.82) is 0 Å². The number of hydrogen-bond donors (Lipinski definition) is 1. The molecule has 0 radical (unpaired) electrons. The van der Waals surface area contributed by atoms with E-state index < -0.39 is 0 Å². The molecule has 0 bridgehead atoms. The Bertz CT molecular complexity index is 266. The molecule has 2 heteroatoms. The van der Waals surface area contributed by atoms with Crippen LogP contribution in [0.25, 0.3) is 0 Å². The molecule has 1 heterocycles. The minimum Gasteiger partial charge on any atom is -0.308 e. The largest absolute Gasteiger partial charge is 0.308 e. The molecular formula is C14H26N2. The lowest BCUT2D eigenvalue weighted by atomic mass is 9.76. The molecule has 1 atom stereocenters. The van der Waals surface area contributed by atoms with Crippen LogP contribution in [0.1, 0.15) is 51.9 Å². The van der Waals surface area contributed by atoms with Crippen LogP contribution in [-0.4, -0.2) is 36.1 Å². The molecule has 16 heavy (non-hydrogen) atoms. The van der Waals surface area contributed by atoms with Crippen LogP contribution in [0.4, 0.5) is 0 Å². The first-order chi connectivity index (χ1) is 7.65. The lowest BCUT2D eigenvalue weighted by molar-refractivity contribution is -0.00125. The second kappa shape index (κ2) is 3.71. The van der Waals surface area contributed by atoms with Gasteiger partial charge in [0.1, 0.15) is 0 Å². The quantitative estimate of drug-likeness (QED) is 0.733. The summed E-state index contributed by atoms with van der Waals surface area (Å²) < 4.78 is 0. The Kier molecular flexibility index (Phi) is 2.56. The molecule has 1 spiro atoms. The topological polar surface area (TPSA) is 15.3 Å².